The van der Waals surface area contributed by atoms with Crippen LogP contribution in [-0.4, -0.2) is 7.11 Å². The van der Waals surface area contributed by atoms with E-state index in [-0.39, 0.29) is 0 Å². The largest absolute Gasteiger partial charge is 0.496 e. The number of thiophene rings is 1. The average Bonchev–Trinajstić information content (AvgIpc) is 2.71. The minimum Gasteiger partial charge on any atom is -0.496 e. The van der Waals surface area contributed by atoms with Gasteiger partial charge in [-0.2, -0.15) is 0 Å². The normalized spacial score (nSPS) is 10.1. The number of rotatable bonds is 2. The third kappa shape index (κ3) is 1.66. The highest BCUT2D eigenvalue weighted by Crippen LogP contribution is 2.29. The molecule has 0 radical (unpaired) electrons. The van der Waals surface area contributed by atoms with E-state index >= 15 is 0 Å². The molecule has 0 saturated heterocycles. The predicted octanol–water partition coefficient (Wildman–Crippen LogP) is 3.73. The molecule has 0 amide bonds. The maximum absolute atomic E-state index is 5.29. The minimum atomic E-state index is 0.955. The van der Waals surface area contributed by atoms with Gasteiger partial charge in [0.15, 0.2) is 0 Å². The molecule has 0 fully saturated rings. The van der Waals surface area contributed by atoms with Gasteiger partial charge >= 0.3 is 0 Å². The number of hydrogen-bond donors (Lipinski definition) is 0. The molecule has 72 valence electrons. The van der Waals surface area contributed by atoms with Crippen LogP contribution in [0.15, 0.2) is 35.7 Å². The number of hydrogen-bond acceptors (Lipinski definition) is 2. The zero-order valence-electron chi connectivity index (χ0n) is 8.28. The first-order valence-electron chi connectivity index (χ1n) is 4.50. The Morgan fingerprint density at radius 1 is 1.21 bits per heavy atom. The Morgan fingerprint density at radius 2 is 2.07 bits per heavy atom. The summed E-state index contributed by atoms with van der Waals surface area (Å²) in [5, 5.41) is 2.08. The molecule has 0 unspecified atom stereocenters. The van der Waals surface area contributed by atoms with E-state index in [1.165, 1.54) is 16.0 Å². The average molecular weight is 204 g/mol. The van der Waals surface area contributed by atoms with Gasteiger partial charge in [0.1, 0.15) is 5.75 Å². The standard InChI is InChI=1S/C12H12OS/c1-9-5-6-10(8-11(9)13-2)12-4-3-7-14-12/h3-8H,1-2H3. The molecule has 2 heteroatoms. The monoisotopic (exact) mass is 204 g/mol. The first-order chi connectivity index (χ1) is 6.81. The maximum Gasteiger partial charge on any atom is 0.122 e. The van der Waals surface area contributed by atoms with Gasteiger partial charge in [0.2, 0.25) is 0 Å². The van der Waals surface area contributed by atoms with E-state index in [1.807, 2.05) is 0 Å². The van der Waals surface area contributed by atoms with Crippen LogP contribution >= 0.6 is 11.3 Å². The second-order valence-electron chi connectivity index (χ2n) is 3.16. The number of benzene rings is 1. The molecular weight excluding hydrogens is 192 g/mol. The number of ether oxygens (including phenoxy) is 1. The molecule has 14 heavy (non-hydrogen) atoms. The van der Waals surface area contributed by atoms with E-state index in [9.17, 15) is 0 Å². The summed E-state index contributed by atoms with van der Waals surface area (Å²) < 4.78 is 5.29. The van der Waals surface area contributed by atoms with E-state index in [0.29, 0.717) is 0 Å². The molecule has 1 aromatic heterocycles. The predicted molar refractivity (Wildman–Crippen MR) is 61.0 cm³/mol. The van der Waals surface area contributed by atoms with Crippen molar-refractivity contribution in [2.75, 3.05) is 7.11 Å². The second-order valence-corrected chi connectivity index (χ2v) is 4.11. The van der Waals surface area contributed by atoms with Gasteiger partial charge in [-0.05, 0) is 35.6 Å². The van der Waals surface area contributed by atoms with Crippen molar-refractivity contribution >= 4 is 11.3 Å². The Balaban J connectivity index is 2.46. The zero-order valence-corrected chi connectivity index (χ0v) is 9.10. The summed E-state index contributed by atoms with van der Waals surface area (Å²) in [7, 11) is 1.71. The van der Waals surface area contributed by atoms with Gasteiger partial charge in [0.25, 0.3) is 0 Å². The fraction of sp³-hybridized carbons (Fsp3) is 0.167. The van der Waals surface area contributed by atoms with E-state index in [1.54, 1.807) is 18.4 Å². The molecule has 2 aromatic rings. The highest BCUT2D eigenvalue weighted by molar-refractivity contribution is 7.13. The van der Waals surface area contributed by atoms with E-state index < -0.39 is 0 Å². The molecular formula is C12H12OS. The molecule has 1 heterocycles. The van der Waals surface area contributed by atoms with Crippen LogP contribution in [0.5, 0.6) is 5.75 Å². The van der Waals surface area contributed by atoms with Crippen molar-refractivity contribution in [3.05, 3.63) is 41.3 Å². The van der Waals surface area contributed by atoms with Crippen molar-refractivity contribution in [1.29, 1.82) is 0 Å². The van der Waals surface area contributed by atoms with Crippen molar-refractivity contribution in [2.24, 2.45) is 0 Å². The van der Waals surface area contributed by atoms with E-state index in [4.69, 9.17) is 4.74 Å². The first kappa shape index (κ1) is 9.28. The van der Waals surface area contributed by atoms with Crippen LogP contribution in [0.1, 0.15) is 5.56 Å². The van der Waals surface area contributed by atoms with Crippen LogP contribution in [0.3, 0.4) is 0 Å². The van der Waals surface area contributed by atoms with E-state index in [0.717, 1.165) is 5.75 Å². The molecule has 1 nitrogen and oxygen atoms in total. The summed E-state index contributed by atoms with van der Waals surface area (Å²) in [5.74, 6) is 0.955. The third-order valence-corrected chi connectivity index (χ3v) is 3.13. The van der Waals surface area contributed by atoms with Gasteiger partial charge < -0.3 is 4.74 Å². The topological polar surface area (TPSA) is 9.23 Å². The zero-order chi connectivity index (χ0) is 9.97. The van der Waals surface area contributed by atoms with Crippen LogP contribution in [-0.2, 0) is 0 Å². The van der Waals surface area contributed by atoms with Crippen molar-refractivity contribution < 1.29 is 4.74 Å². The Labute approximate surface area is 88.0 Å². The fourth-order valence-corrected chi connectivity index (χ4v) is 2.14. The fourth-order valence-electron chi connectivity index (χ4n) is 1.42. The van der Waals surface area contributed by atoms with Crippen molar-refractivity contribution in [2.45, 2.75) is 6.92 Å². The lowest BCUT2D eigenvalue weighted by Gasteiger charge is -2.06. The molecule has 0 atom stereocenters. The molecule has 1 aromatic carbocycles. The molecule has 0 aliphatic heterocycles. The van der Waals surface area contributed by atoms with Crippen molar-refractivity contribution in [1.82, 2.24) is 0 Å². The molecule has 2 rings (SSSR count). The van der Waals surface area contributed by atoms with Crippen LogP contribution in [0.2, 0.25) is 0 Å². The highest BCUT2D eigenvalue weighted by Gasteiger charge is 2.02. The van der Waals surface area contributed by atoms with Crippen LogP contribution in [0, 0.1) is 6.92 Å². The van der Waals surface area contributed by atoms with Gasteiger partial charge in [-0.15, -0.1) is 11.3 Å². The van der Waals surface area contributed by atoms with Gasteiger partial charge in [-0.25, -0.2) is 0 Å². The molecule has 0 saturated carbocycles. The minimum absolute atomic E-state index is 0.955. The molecule has 0 bridgehead atoms. The quantitative estimate of drug-likeness (QED) is 0.724. The molecule has 0 aliphatic carbocycles. The summed E-state index contributed by atoms with van der Waals surface area (Å²) in [5.41, 5.74) is 2.40. The number of aryl methyl sites for hydroxylation is 1. The lowest BCUT2D eigenvalue weighted by molar-refractivity contribution is 0.412. The lowest BCUT2D eigenvalue weighted by Crippen LogP contribution is -1.86. The summed E-state index contributed by atoms with van der Waals surface area (Å²) in [6.45, 7) is 2.05. The van der Waals surface area contributed by atoms with Gasteiger partial charge in [-0.1, -0.05) is 18.2 Å². The summed E-state index contributed by atoms with van der Waals surface area (Å²) in [4.78, 5) is 1.28. The smallest absolute Gasteiger partial charge is 0.122 e. The SMILES string of the molecule is COc1cc(-c2cccs2)ccc1C. The van der Waals surface area contributed by atoms with Gasteiger partial charge in [0.05, 0.1) is 7.11 Å². The van der Waals surface area contributed by atoms with Crippen LogP contribution < -0.4 is 4.74 Å². The second kappa shape index (κ2) is 3.84. The molecule has 0 aliphatic rings. The molecule has 0 spiro atoms. The Bertz CT molecular complexity index is 418. The third-order valence-electron chi connectivity index (χ3n) is 2.21. The Kier molecular flexibility index (Phi) is 2.55. The number of methoxy groups -OCH3 is 1. The lowest BCUT2D eigenvalue weighted by atomic mass is 10.1. The van der Waals surface area contributed by atoms with Crippen molar-refractivity contribution in [3.63, 3.8) is 0 Å². The highest BCUT2D eigenvalue weighted by atomic mass is 32.1. The van der Waals surface area contributed by atoms with E-state index in [2.05, 4.69) is 42.6 Å². The summed E-state index contributed by atoms with van der Waals surface area (Å²) in [6.07, 6.45) is 0. The van der Waals surface area contributed by atoms with Crippen molar-refractivity contribution in [3.8, 4) is 16.2 Å². The van der Waals surface area contributed by atoms with Gasteiger partial charge in [-0.3, -0.25) is 0 Å². The first-order valence-corrected chi connectivity index (χ1v) is 5.38. The summed E-state index contributed by atoms with van der Waals surface area (Å²) in [6, 6.07) is 10.5. The molecule has 0 N–H and O–H groups in total. The maximum atomic E-state index is 5.29. The van der Waals surface area contributed by atoms with Gasteiger partial charge in [0, 0.05) is 4.88 Å². The summed E-state index contributed by atoms with van der Waals surface area (Å²) >= 11 is 1.75. The van der Waals surface area contributed by atoms with Crippen LogP contribution in [0.4, 0.5) is 0 Å². The Hall–Kier alpha value is -1.28. The van der Waals surface area contributed by atoms with Crippen LogP contribution in [0.25, 0.3) is 10.4 Å². The Morgan fingerprint density at radius 3 is 2.71 bits per heavy atom.